The van der Waals surface area contributed by atoms with Gasteiger partial charge in [0.15, 0.2) is 11.5 Å². The first-order valence-corrected chi connectivity index (χ1v) is 8.63. The smallest absolute Gasteiger partial charge is 0.246 e. The van der Waals surface area contributed by atoms with Crippen molar-refractivity contribution in [3.05, 3.63) is 59.7 Å². The van der Waals surface area contributed by atoms with Crippen LogP contribution in [0, 0.1) is 0 Å². The van der Waals surface area contributed by atoms with Crippen LogP contribution in [0.1, 0.15) is 25.0 Å². The van der Waals surface area contributed by atoms with Crippen LogP contribution in [0.15, 0.2) is 48.5 Å². The summed E-state index contributed by atoms with van der Waals surface area (Å²) < 4.78 is 10.5. The molecule has 26 heavy (non-hydrogen) atoms. The normalized spacial score (nSPS) is 10.7. The van der Waals surface area contributed by atoms with Crippen LogP contribution >= 0.6 is 0 Å². The summed E-state index contributed by atoms with van der Waals surface area (Å²) in [5.41, 5.74) is 1.83. The molecule has 0 aliphatic carbocycles. The molecule has 0 saturated carbocycles. The highest BCUT2D eigenvalue weighted by Crippen LogP contribution is 2.27. The number of aromatic hydroxyl groups is 1. The molecular weight excluding hydrogens is 330 g/mol. The maximum Gasteiger partial charge on any atom is 0.246 e. The van der Waals surface area contributed by atoms with Crippen molar-refractivity contribution < 1.29 is 19.4 Å². The average Bonchev–Trinajstić information content (AvgIpc) is 2.67. The summed E-state index contributed by atoms with van der Waals surface area (Å²) in [6.07, 6.45) is 3.35. The van der Waals surface area contributed by atoms with E-state index in [4.69, 9.17) is 9.47 Å². The van der Waals surface area contributed by atoms with E-state index in [1.807, 2.05) is 38.1 Å². The molecule has 5 nitrogen and oxygen atoms in total. The van der Waals surface area contributed by atoms with Crippen LogP contribution in [0.4, 0.5) is 0 Å². The first kappa shape index (κ1) is 19.4. The van der Waals surface area contributed by atoms with Crippen molar-refractivity contribution in [1.82, 2.24) is 4.90 Å². The third-order valence-electron chi connectivity index (χ3n) is 3.93. The zero-order chi connectivity index (χ0) is 18.9. The summed E-state index contributed by atoms with van der Waals surface area (Å²) >= 11 is 0. The molecule has 0 unspecified atom stereocenters. The standard InChI is InChI=1S/C21H25NO4/c1-4-22(15-17-8-12-19(23)20(14-17)26-5-2)21(24)13-9-16-6-10-18(25-3)11-7-16/h6-14,23H,4-5,15H2,1-3H3. The Hall–Kier alpha value is -2.95. The van der Waals surface area contributed by atoms with Crippen LogP contribution in [-0.4, -0.2) is 36.2 Å². The molecule has 2 rings (SSSR count). The van der Waals surface area contributed by atoms with Crippen LogP contribution in [0.25, 0.3) is 6.08 Å². The average molecular weight is 355 g/mol. The van der Waals surface area contributed by atoms with Gasteiger partial charge in [-0.1, -0.05) is 18.2 Å². The van der Waals surface area contributed by atoms with Crippen LogP contribution < -0.4 is 9.47 Å². The molecule has 0 bridgehead atoms. The van der Waals surface area contributed by atoms with Crippen molar-refractivity contribution in [2.75, 3.05) is 20.3 Å². The monoisotopic (exact) mass is 355 g/mol. The maximum absolute atomic E-state index is 12.5. The fourth-order valence-corrected chi connectivity index (χ4v) is 2.48. The lowest BCUT2D eigenvalue weighted by Crippen LogP contribution is -2.28. The molecule has 138 valence electrons. The lowest BCUT2D eigenvalue weighted by Gasteiger charge is -2.20. The summed E-state index contributed by atoms with van der Waals surface area (Å²) in [5.74, 6) is 1.24. The number of phenols is 1. The number of phenolic OH excluding ortho intramolecular Hbond substituents is 1. The molecule has 0 saturated heterocycles. The Labute approximate surface area is 154 Å². The number of rotatable bonds is 8. The number of nitrogens with zero attached hydrogens (tertiary/aromatic N) is 1. The number of ether oxygens (including phenoxy) is 2. The van der Waals surface area contributed by atoms with E-state index in [2.05, 4.69) is 0 Å². The fourth-order valence-electron chi connectivity index (χ4n) is 2.48. The number of hydrogen-bond acceptors (Lipinski definition) is 4. The van der Waals surface area contributed by atoms with Gasteiger partial charge in [0.2, 0.25) is 5.91 Å². The third-order valence-corrected chi connectivity index (χ3v) is 3.93. The van der Waals surface area contributed by atoms with Crippen molar-refractivity contribution >= 4 is 12.0 Å². The molecule has 0 radical (unpaired) electrons. The minimum absolute atomic E-state index is 0.0747. The van der Waals surface area contributed by atoms with E-state index in [9.17, 15) is 9.90 Å². The van der Waals surface area contributed by atoms with Crippen molar-refractivity contribution in [3.63, 3.8) is 0 Å². The topological polar surface area (TPSA) is 59.0 Å². The van der Waals surface area contributed by atoms with Crippen molar-refractivity contribution in [1.29, 1.82) is 0 Å². The predicted molar refractivity (Wildman–Crippen MR) is 102 cm³/mol. The number of methoxy groups -OCH3 is 1. The van der Waals surface area contributed by atoms with Gasteiger partial charge in [-0.15, -0.1) is 0 Å². The van der Waals surface area contributed by atoms with Crippen LogP contribution in [-0.2, 0) is 11.3 Å². The number of benzene rings is 2. The van der Waals surface area contributed by atoms with Crippen molar-refractivity contribution in [2.45, 2.75) is 20.4 Å². The van der Waals surface area contributed by atoms with Gasteiger partial charge in [-0.3, -0.25) is 4.79 Å². The molecule has 2 aromatic carbocycles. The number of hydrogen-bond donors (Lipinski definition) is 1. The molecule has 0 atom stereocenters. The van der Waals surface area contributed by atoms with Gasteiger partial charge >= 0.3 is 0 Å². The van der Waals surface area contributed by atoms with E-state index in [-0.39, 0.29) is 11.7 Å². The summed E-state index contributed by atoms with van der Waals surface area (Å²) in [7, 11) is 1.62. The first-order valence-electron chi connectivity index (χ1n) is 8.63. The first-order chi connectivity index (χ1) is 12.6. The van der Waals surface area contributed by atoms with Crippen LogP contribution in [0.3, 0.4) is 0 Å². The zero-order valence-electron chi connectivity index (χ0n) is 15.4. The highest BCUT2D eigenvalue weighted by atomic mass is 16.5. The molecule has 5 heteroatoms. The zero-order valence-corrected chi connectivity index (χ0v) is 15.4. The summed E-state index contributed by atoms with van der Waals surface area (Å²) in [4.78, 5) is 14.2. The van der Waals surface area contributed by atoms with E-state index in [1.165, 1.54) is 0 Å². The number of likely N-dealkylation sites (N-methyl/N-ethyl adjacent to an activating group) is 1. The number of carbonyl (C=O) groups is 1. The van der Waals surface area contributed by atoms with Gasteiger partial charge in [-0.25, -0.2) is 0 Å². The van der Waals surface area contributed by atoms with Crippen molar-refractivity contribution in [2.24, 2.45) is 0 Å². The highest BCUT2D eigenvalue weighted by Gasteiger charge is 2.11. The minimum atomic E-state index is -0.0747. The van der Waals surface area contributed by atoms with E-state index >= 15 is 0 Å². The largest absolute Gasteiger partial charge is 0.504 e. The Morgan fingerprint density at radius 2 is 1.88 bits per heavy atom. The van der Waals surface area contributed by atoms with E-state index in [1.54, 1.807) is 42.4 Å². The Morgan fingerprint density at radius 3 is 2.50 bits per heavy atom. The molecule has 1 amide bonds. The van der Waals surface area contributed by atoms with Gasteiger partial charge in [0.05, 0.1) is 13.7 Å². The summed E-state index contributed by atoms with van der Waals surface area (Å²) in [6, 6.07) is 12.6. The van der Waals surface area contributed by atoms with Gasteiger partial charge < -0.3 is 19.5 Å². The van der Waals surface area contributed by atoms with Crippen molar-refractivity contribution in [3.8, 4) is 17.2 Å². The second kappa shape index (κ2) is 9.51. The summed E-state index contributed by atoms with van der Waals surface area (Å²) in [5, 5.41) is 9.79. The molecule has 0 fully saturated rings. The molecule has 2 aromatic rings. The third kappa shape index (κ3) is 5.28. The van der Waals surface area contributed by atoms with Gasteiger partial charge in [-0.2, -0.15) is 0 Å². The second-order valence-corrected chi connectivity index (χ2v) is 5.69. The molecule has 0 aromatic heterocycles. The van der Waals surface area contributed by atoms with Gasteiger partial charge in [0.1, 0.15) is 5.75 Å². The van der Waals surface area contributed by atoms with E-state index < -0.39 is 0 Å². The van der Waals surface area contributed by atoms with E-state index in [0.29, 0.717) is 25.4 Å². The minimum Gasteiger partial charge on any atom is -0.504 e. The Kier molecular flexibility index (Phi) is 7.09. The SMILES string of the molecule is CCOc1cc(CN(CC)C(=O)C=Cc2ccc(OC)cc2)ccc1O. The molecule has 0 heterocycles. The second-order valence-electron chi connectivity index (χ2n) is 5.69. The lowest BCUT2D eigenvalue weighted by atomic mass is 10.1. The predicted octanol–water partition coefficient (Wildman–Crippen LogP) is 3.86. The fraction of sp³-hybridized carbons (Fsp3) is 0.286. The summed E-state index contributed by atoms with van der Waals surface area (Å²) in [6.45, 7) is 5.29. The number of amides is 1. The van der Waals surface area contributed by atoms with Gasteiger partial charge in [0, 0.05) is 19.2 Å². The quantitative estimate of drug-likeness (QED) is 0.731. The van der Waals surface area contributed by atoms with Crippen LogP contribution in [0.5, 0.6) is 17.2 Å². The van der Waals surface area contributed by atoms with E-state index in [0.717, 1.165) is 16.9 Å². The molecule has 0 aliphatic rings. The molecular formula is C21H25NO4. The maximum atomic E-state index is 12.5. The Balaban J connectivity index is 2.06. The van der Waals surface area contributed by atoms with Crippen LogP contribution in [0.2, 0.25) is 0 Å². The molecule has 1 N–H and O–H groups in total. The molecule has 0 aliphatic heterocycles. The van der Waals surface area contributed by atoms with Gasteiger partial charge in [-0.05, 0) is 55.3 Å². The lowest BCUT2D eigenvalue weighted by molar-refractivity contribution is -0.126. The van der Waals surface area contributed by atoms with Gasteiger partial charge in [0.25, 0.3) is 0 Å². The Morgan fingerprint density at radius 1 is 1.15 bits per heavy atom. The Bertz CT molecular complexity index is 753. The molecule has 0 spiro atoms. The number of carbonyl (C=O) groups excluding carboxylic acids is 1. The highest BCUT2D eigenvalue weighted by molar-refractivity contribution is 5.91.